The van der Waals surface area contributed by atoms with Crippen LogP contribution in [0.1, 0.15) is 55.4 Å². The van der Waals surface area contributed by atoms with Crippen LogP contribution in [0.5, 0.6) is 5.75 Å². The first kappa shape index (κ1) is 25.4. The van der Waals surface area contributed by atoms with E-state index in [9.17, 15) is 9.59 Å². The van der Waals surface area contributed by atoms with E-state index in [1.165, 1.54) is 0 Å². The summed E-state index contributed by atoms with van der Waals surface area (Å²) >= 11 is 0. The molecule has 0 spiro atoms. The van der Waals surface area contributed by atoms with Gasteiger partial charge in [-0.2, -0.15) is 0 Å². The Bertz CT molecular complexity index is 1770. The minimum absolute atomic E-state index is 0.178. The lowest BCUT2D eigenvalue weighted by atomic mass is 9.71. The number of ketones is 2. The molecule has 0 radical (unpaired) electrons. The van der Waals surface area contributed by atoms with E-state index < -0.39 is 5.41 Å². The van der Waals surface area contributed by atoms with E-state index in [1.807, 2.05) is 48.5 Å². The van der Waals surface area contributed by atoms with Crippen LogP contribution in [0.2, 0.25) is 0 Å². The van der Waals surface area contributed by atoms with Gasteiger partial charge in [0.25, 0.3) is 0 Å². The number of ether oxygens (including phenoxy) is 2. The number of hydrogen-bond acceptors (Lipinski definition) is 5. The summed E-state index contributed by atoms with van der Waals surface area (Å²) in [6, 6.07) is 25.2. The highest BCUT2D eigenvalue weighted by molar-refractivity contribution is 6.33. The van der Waals surface area contributed by atoms with Gasteiger partial charge in [-0.25, -0.2) is 0 Å². The second-order valence-corrected chi connectivity index (χ2v) is 11.0. The van der Waals surface area contributed by atoms with Gasteiger partial charge >= 0.3 is 0 Å². The van der Waals surface area contributed by atoms with Gasteiger partial charge in [-0.15, -0.1) is 0 Å². The van der Waals surface area contributed by atoms with Crippen molar-refractivity contribution in [2.24, 2.45) is 0 Å². The quantitative estimate of drug-likeness (QED) is 0.221. The summed E-state index contributed by atoms with van der Waals surface area (Å²) < 4.78 is 14.0. The van der Waals surface area contributed by atoms with E-state index in [0.29, 0.717) is 35.7 Å². The van der Waals surface area contributed by atoms with Gasteiger partial charge in [-0.05, 0) is 78.4 Å². The number of aromatic nitrogens is 2. The van der Waals surface area contributed by atoms with Crippen molar-refractivity contribution in [2.75, 3.05) is 13.2 Å². The van der Waals surface area contributed by atoms with Crippen molar-refractivity contribution in [1.29, 1.82) is 0 Å². The standard InChI is InChI=1S/C35H30N2O4/c1-23-20-37(27-13-16-40-22-27)32-17-26(7-9-29(23)32)35(19-24-11-14-36-15-12-24)33(38)30-10-8-28(18-31(30)34(35)39)41-21-25-5-3-2-4-6-25/h2-12,14-15,17-18,20,27H,13,16,19,21-22H2,1H3. The average molecular weight is 543 g/mol. The predicted molar refractivity (Wildman–Crippen MR) is 157 cm³/mol. The zero-order chi connectivity index (χ0) is 28.0. The molecule has 1 aliphatic carbocycles. The maximum Gasteiger partial charge on any atom is 0.182 e. The van der Waals surface area contributed by atoms with Gasteiger partial charge in [0.15, 0.2) is 11.6 Å². The van der Waals surface area contributed by atoms with Crippen molar-refractivity contribution in [3.05, 3.63) is 131 Å². The summed E-state index contributed by atoms with van der Waals surface area (Å²) in [4.78, 5) is 33.1. The molecule has 0 amide bonds. The molecule has 7 rings (SSSR count). The van der Waals surface area contributed by atoms with Crippen LogP contribution in [-0.2, 0) is 23.2 Å². The van der Waals surface area contributed by atoms with Gasteiger partial charge in [0.1, 0.15) is 17.8 Å². The zero-order valence-electron chi connectivity index (χ0n) is 22.9. The molecule has 5 aromatic rings. The Morgan fingerprint density at radius 2 is 1.73 bits per heavy atom. The van der Waals surface area contributed by atoms with Crippen LogP contribution in [0.3, 0.4) is 0 Å². The number of benzene rings is 3. The third-order valence-electron chi connectivity index (χ3n) is 8.55. The van der Waals surface area contributed by atoms with Gasteiger partial charge in [-0.3, -0.25) is 14.6 Å². The first-order chi connectivity index (χ1) is 20.0. The van der Waals surface area contributed by atoms with Crippen LogP contribution in [0.25, 0.3) is 10.9 Å². The number of fused-ring (bicyclic) bond motifs is 2. The number of rotatable bonds is 7. The normalized spacial score (nSPS) is 20.1. The molecule has 2 unspecified atom stereocenters. The van der Waals surface area contributed by atoms with Gasteiger partial charge in [0.2, 0.25) is 0 Å². The monoisotopic (exact) mass is 542 g/mol. The number of Topliss-reactive ketones (excluding diaryl/α,β-unsaturated/α-hetero) is 2. The Labute approximate surface area is 238 Å². The Hall–Kier alpha value is -4.55. The maximum absolute atomic E-state index is 14.5. The molecule has 2 atom stereocenters. The van der Waals surface area contributed by atoms with Crippen molar-refractivity contribution < 1.29 is 19.1 Å². The van der Waals surface area contributed by atoms with Crippen LogP contribution in [-0.4, -0.2) is 34.3 Å². The van der Waals surface area contributed by atoms with E-state index in [-0.39, 0.29) is 24.0 Å². The van der Waals surface area contributed by atoms with E-state index in [4.69, 9.17) is 9.47 Å². The number of pyridine rings is 1. The van der Waals surface area contributed by atoms with E-state index in [0.717, 1.165) is 40.6 Å². The second-order valence-electron chi connectivity index (χ2n) is 11.0. The Balaban J connectivity index is 1.33. The van der Waals surface area contributed by atoms with Crippen molar-refractivity contribution in [3.63, 3.8) is 0 Å². The molecule has 1 aliphatic heterocycles. The average Bonchev–Trinajstić information content (AvgIpc) is 3.71. The third-order valence-corrected chi connectivity index (χ3v) is 8.55. The molecule has 6 heteroatoms. The van der Waals surface area contributed by atoms with Crippen LogP contribution < -0.4 is 4.74 Å². The van der Waals surface area contributed by atoms with Crippen LogP contribution in [0.15, 0.2) is 97.5 Å². The largest absolute Gasteiger partial charge is 0.489 e. The Morgan fingerprint density at radius 3 is 2.51 bits per heavy atom. The molecule has 6 nitrogen and oxygen atoms in total. The molecule has 0 saturated carbocycles. The number of aryl methyl sites for hydroxylation is 1. The Morgan fingerprint density at radius 1 is 0.927 bits per heavy atom. The van der Waals surface area contributed by atoms with Gasteiger partial charge < -0.3 is 14.0 Å². The molecule has 3 aromatic carbocycles. The lowest BCUT2D eigenvalue weighted by Crippen LogP contribution is -2.40. The highest BCUT2D eigenvalue weighted by Crippen LogP contribution is 2.44. The minimum atomic E-state index is -1.38. The molecule has 3 heterocycles. The fraction of sp³-hybridized carbons (Fsp3) is 0.229. The molecule has 2 aromatic heterocycles. The lowest BCUT2D eigenvalue weighted by molar-refractivity contribution is 0.0793. The predicted octanol–water partition coefficient (Wildman–Crippen LogP) is 6.44. The summed E-state index contributed by atoms with van der Waals surface area (Å²) in [5.74, 6) is 0.190. The summed E-state index contributed by atoms with van der Waals surface area (Å²) in [6.45, 7) is 3.86. The fourth-order valence-corrected chi connectivity index (χ4v) is 6.37. The highest BCUT2D eigenvalue weighted by Gasteiger charge is 2.54. The molecule has 1 fully saturated rings. The molecule has 204 valence electrons. The second kappa shape index (κ2) is 10.1. The van der Waals surface area contributed by atoms with E-state index in [2.05, 4.69) is 34.8 Å². The van der Waals surface area contributed by atoms with Gasteiger partial charge in [0, 0.05) is 47.2 Å². The first-order valence-electron chi connectivity index (χ1n) is 14.0. The number of carbonyl (C=O) groups excluding carboxylic acids is 2. The molecule has 1 saturated heterocycles. The van der Waals surface area contributed by atoms with E-state index in [1.54, 1.807) is 30.6 Å². The van der Waals surface area contributed by atoms with Crippen molar-refractivity contribution in [2.45, 2.75) is 37.8 Å². The summed E-state index contributed by atoms with van der Waals surface area (Å²) in [5, 5.41) is 1.12. The maximum atomic E-state index is 14.5. The van der Waals surface area contributed by atoms with Crippen LogP contribution in [0, 0.1) is 6.92 Å². The Kier molecular flexibility index (Phi) is 6.28. The third kappa shape index (κ3) is 4.26. The van der Waals surface area contributed by atoms with Crippen LogP contribution >= 0.6 is 0 Å². The SMILES string of the molecule is Cc1cn(C2CCOC2)c2cc(C3(Cc4ccncc4)C(=O)c4ccc(OCc5ccccc5)cc4C3=O)ccc12. The number of carbonyl (C=O) groups is 2. The minimum Gasteiger partial charge on any atom is -0.489 e. The number of nitrogens with zero attached hydrogens (tertiary/aromatic N) is 2. The molecule has 0 bridgehead atoms. The van der Waals surface area contributed by atoms with Gasteiger partial charge in [-0.1, -0.05) is 42.5 Å². The summed E-state index contributed by atoms with van der Waals surface area (Å²) in [7, 11) is 0. The molecule has 41 heavy (non-hydrogen) atoms. The van der Waals surface area contributed by atoms with E-state index >= 15 is 0 Å². The smallest absolute Gasteiger partial charge is 0.182 e. The fourth-order valence-electron chi connectivity index (χ4n) is 6.37. The van der Waals surface area contributed by atoms with Crippen LogP contribution in [0.4, 0.5) is 0 Å². The molecule has 0 N–H and O–H groups in total. The lowest BCUT2D eigenvalue weighted by Gasteiger charge is -2.27. The summed E-state index contributed by atoms with van der Waals surface area (Å²) in [5.41, 5.74) is 4.26. The van der Waals surface area contributed by atoms with Gasteiger partial charge in [0.05, 0.1) is 12.6 Å². The number of hydrogen-bond donors (Lipinski definition) is 0. The zero-order valence-corrected chi connectivity index (χ0v) is 22.9. The molecular weight excluding hydrogens is 512 g/mol. The topological polar surface area (TPSA) is 70.4 Å². The first-order valence-corrected chi connectivity index (χ1v) is 14.0. The highest BCUT2D eigenvalue weighted by atomic mass is 16.5. The molecular formula is C35H30N2O4. The van der Waals surface area contributed by atoms with Crippen molar-refractivity contribution in [1.82, 2.24) is 9.55 Å². The summed E-state index contributed by atoms with van der Waals surface area (Å²) in [6.07, 6.45) is 6.75. The van der Waals surface area contributed by atoms with Crippen molar-refractivity contribution in [3.8, 4) is 5.75 Å². The molecule has 2 aliphatic rings. The van der Waals surface area contributed by atoms with Crippen molar-refractivity contribution >= 4 is 22.5 Å².